The summed E-state index contributed by atoms with van der Waals surface area (Å²) in [5.41, 5.74) is 0.452. The van der Waals surface area contributed by atoms with Gasteiger partial charge in [-0.15, -0.1) is 0 Å². The molecule has 0 amide bonds. The monoisotopic (exact) mass is 241 g/mol. The first-order chi connectivity index (χ1) is 7.93. The van der Waals surface area contributed by atoms with Crippen molar-refractivity contribution in [2.75, 3.05) is 26.2 Å². The van der Waals surface area contributed by atoms with Crippen LogP contribution in [0.25, 0.3) is 0 Å². The van der Waals surface area contributed by atoms with Crippen molar-refractivity contribution in [3.8, 4) is 0 Å². The Balaban J connectivity index is 4.20. The zero-order valence-corrected chi connectivity index (χ0v) is 11.8. The maximum absolute atomic E-state index is 11.2. The van der Waals surface area contributed by atoms with E-state index in [1.54, 1.807) is 6.92 Å². The molecule has 0 aromatic heterocycles. The van der Waals surface area contributed by atoms with Crippen molar-refractivity contribution in [1.82, 2.24) is 0 Å². The van der Waals surface area contributed by atoms with Crippen molar-refractivity contribution in [2.24, 2.45) is 0 Å². The van der Waals surface area contributed by atoms with Gasteiger partial charge in [-0.2, -0.15) is 0 Å². The molecule has 99 valence electrons. The van der Waals surface area contributed by atoms with Crippen LogP contribution in [-0.4, -0.2) is 42.7 Å². The molecule has 3 heteroatoms. The molecule has 0 aliphatic heterocycles. The number of hydrogen-bond donors (Lipinski definition) is 0. The zero-order valence-electron chi connectivity index (χ0n) is 11.8. The third kappa shape index (κ3) is 4.50. The van der Waals surface area contributed by atoms with Crippen molar-refractivity contribution >= 4 is 5.97 Å². The van der Waals surface area contributed by atoms with Gasteiger partial charge < -0.3 is 9.22 Å². The van der Waals surface area contributed by atoms with Gasteiger partial charge in [-0.3, -0.25) is 0 Å². The van der Waals surface area contributed by atoms with Crippen LogP contribution in [0.3, 0.4) is 0 Å². The minimum absolute atomic E-state index is 0.271. The van der Waals surface area contributed by atoms with Gasteiger partial charge in [0.2, 0.25) is 0 Å². The quantitative estimate of drug-likeness (QED) is 0.371. The van der Waals surface area contributed by atoms with E-state index in [1.807, 2.05) is 0 Å². The van der Waals surface area contributed by atoms with Crippen molar-refractivity contribution in [3.05, 3.63) is 19.1 Å². The molecule has 1 radical (unpaired) electrons. The van der Waals surface area contributed by atoms with Crippen LogP contribution < -0.4 is 0 Å². The SMILES string of the molecule is [CH2]C(CCOC(=O)C(=C)C)[N+](CC)(CC)CC. The number of quaternary nitrogens is 1. The Bertz CT molecular complexity index is 249. The van der Waals surface area contributed by atoms with E-state index in [1.165, 1.54) is 0 Å². The average Bonchev–Trinajstić information content (AvgIpc) is 2.31. The molecule has 0 saturated carbocycles. The molecule has 1 unspecified atom stereocenters. The summed E-state index contributed by atoms with van der Waals surface area (Å²) < 4.78 is 6.09. The van der Waals surface area contributed by atoms with E-state index >= 15 is 0 Å². The lowest BCUT2D eigenvalue weighted by Crippen LogP contribution is -2.54. The second kappa shape index (κ2) is 7.49. The molecular weight excluding hydrogens is 214 g/mol. The number of hydrogen-bond acceptors (Lipinski definition) is 2. The number of ether oxygens (including phenoxy) is 1. The largest absolute Gasteiger partial charge is 0.462 e. The molecule has 0 heterocycles. The maximum Gasteiger partial charge on any atom is 0.333 e. The first kappa shape index (κ1) is 16.2. The van der Waals surface area contributed by atoms with Gasteiger partial charge in [0, 0.05) is 18.9 Å². The molecular formula is C14H27NO2+. The molecule has 0 aromatic rings. The maximum atomic E-state index is 11.2. The van der Waals surface area contributed by atoms with E-state index in [0.29, 0.717) is 12.2 Å². The molecule has 0 rings (SSSR count). The van der Waals surface area contributed by atoms with Crippen LogP contribution in [0.15, 0.2) is 12.2 Å². The van der Waals surface area contributed by atoms with Crippen LogP contribution in [0.2, 0.25) is 0 Å². The Morgan fingerprint density at radius 3 is 2.06 bits per heavy atom. The highest BCUT2D eigenvalue weighted by molar-refractivity contribution is 5.86. The highest BCUT2D eigenvalue weighted by Gasteiger charge is 2.28. The summed E-state index contributed by atoms with van der Waals surface area (Å²) in [4.78, 5) is 11.2. The van der Waals surface area contributed by atoms with Crippen LogP contribution in [0.5, 0.6) is 0 Å². The molecule has 0 aliphatic rings. The molecule has 0 aromatic carbocycles. The van der Waals surface area contributed by atoms with Gasteiger partial charge in [0.15, 0.2) is 0 Å². The Morgan fingerprint density at radius 1 is 1.24 bits per heavy atom. The fourth-order valence-electron chi connectivity index (χ4n) is 2.13. The second-order valence-electron chi connectivity index (χ2n) is 4.53. The Labute approximate surface area is 106 Å². The molecule has 0 bridgehead atoms. The van der Waals surface area contributed by atoms with E-state index in [-0.39, 0.29) is 12.0 Å². The number of carbonyl (C=O) groups excluding carboxylic acids is 1. The summed E-state index contributed by atoms with van der Waals surface area (Å²) in [6, 6.07) is 0.271. The summed E-state index contributed by atoms with van der Waals surface area (Å²) in [7, 11) is 0. The fourth-order valence-corrected chi connectivity index (χ4v) is 2.13. The highest BCUT2D eigenvalue weighted by atomic mass is 16.5. The first-order valence-corrected chi connectivity index (χ1v) is 6.45. The number of rotatable bonds is 8. The topological polar surface area (TPSA) is 26.3 Å². The van der Waals surface area contributed by atoms with Gasteiger partial charge in [-0.05, 0) is 27.7 Å². The van der Waals surface area contributed by atoms with Crippen LogP contribution in [0.1, 0.15) is 34.1 Å². The van der Waals surface area contributed by atoms with E-state index in [2.05, 4.69) is 34.3 Å². The normalized spacial score (nSPS) is 13.2. The van der Waals surface area contributed by atoms with Crippen molar-refractivity contribution in [2.45, 2.75) is 40.2 Å². The Kier molecular flexibility index (Phi) is 7.12. The smallest absolute Gasteiger partial charge is 0.333 e. The predicted octanol–water partition coefficient (Wildman–Crippen LogP) is 2.57. The van der Waals surface area contributed by atoms with Crippen LogP contribution in [0, 0.1) is 6.92 Å². The lowest BCUT2D eigenvalue weighted by Gasteiger charge is -2.41. The molecule has 17 heavy (non-hydrogen) atoms. The third-order valence-corrected chi connectivity index (χ3v) is 3.70. The van der Waals surface area contributed by atoms with E-state index in [4.69, 9.17) is 4.74 Å². The molecule has 0 N–H and O–H groups in total. The molecule has 0 saturated heterocycles. The van der Waals surface area contributed by atoms with Gasteiger partial charge in [-0.1, -0.05) is 6.58 Å². The summed E-state index contributed by atoms with van der Waals surface area (Å²) >= 11 is 0. The van der Waals surface area contributed by atoms with E-state index in [0.717, 1.165) is 30.5 Å². The minimum Gasteiger partial charge on any atom is -0.462 e. The van der Waals surface area contributed by atoms with E-state index in [9.17, 15) is 4.79 Å². The van der Waals surface area contributed by atoms with Crippen molar-refractivity contribution in [1.29, 1.82) is 0 Å². The van der Waals surface area contributed by atoms with E-state index < -0.39 is 0 Å². The molecule has 3 nitrogen and oxygen atoms in total. The van der Waals surface area contributed by atoms with Crippen LogP contribution in [-0.2, 0) is 9.53 Å². The van der Waals surface area contributed by atoms with Crippen LogP contribution >= 0.6 is 0 Å². The summed E-state index contributed by atoms with van der Waals surface area (Å²) in [5.74, 6) is -0.306. The minimum atomic E-state index is -0.306. The lowest BCUT2D eigenvalue weighted by atomic mass is 10.1. The molecule has 0 aliphatic carbocycles. The van der Waals surface area contributed by atoms with Gasteiger partial charge in [0.05, 0.1) is 32.3 Å². The summed E-state index contributed by atoms with van der Waals surface area (Å²) in [5, 5.41) is 0. The summed E-state index contributed by atoms with van der Waals surface area (Å²) in [6.45, 7) is 19.6. The van der Waals surface area contributed by atoms with Crippen LogP contribution in [0.4, 0.5) is 0 Å². The highest BCUT2D eigenvalue weighted by Crippen LogP contribution is 2.15. The van der Waals surface area contributed by atoms with Gasteiger partial charge in [0.1, 0.15) is 0 Å². The van der Waals surface area contributed by atoms with Gasteiger partial charge >= 0.3 is 5.97 Å². The number of esters is 1. The standard InChI is InChI=1S/C14H27NO2/c1-7-15(8-2,9-3)13(6)10-11-17-14(16)12(4)5/h13H,4,6-11H2,1-3,5H3/q+1. The Morgan fingerprint density at radius 2 is 1.71 bits per heavy atom. The second-order valence-corrected chi connectivity index (χ2v) is 4.53. The predicted molar refractivity (Wildman–Crippen MR) is 71.4 cm³/mol. The third-order valence-electron chi connectivity index (χ3n) is 3.70. The molecule has 0 fully saturated rings. The number of nitrogens with zero attached hydrogens (tertiary/aromatic N) is 1. The first-order valence-electron chi connectivity index (χ1n) is 6.45. The lowest BCUT2D eigenvalue weighted by molar-refractivity contribution is -0.941. The van der Waals surface area contributed by atoms with Crippen molar-refractivity contribution < 1.29 is 14.0 Å². The van der Waals surface area contributed by atoms with Gasteiger partial charge in [0.25, 0.3) is 0 Å². The summed E-state index contributed by atoms with van der Waals surface area (Å²) in [6.07, 6.45) is 0.800. The zero-order chi connectivity index (χ0) is 13.5. The molecule has 0 spiro atoms. The van der Waals surface area contributed by atoms with Gasteiger partial charge in [-0.25, -0.2) is 4.79 Å². The Hall–Kier alpha value is -0.830. The number of carbonyl (C=O) groups is 1. The fraction of sp³-hybridized carbons (Fsp3) is 0.714. The molecule has 1 atom stereocenters. The van der Waals surface area contributed by atoms with Crippen molar-refractivity contribution in [3.63, 3.8) is 0 Å². The average molecular weight is 241 g/mol.